The summed E-state index contributed by atoms with van der Waals surface area (Å²) in [7, 11) is 0. The van der Waals surface area contributed by atoms with Crippen LogP contribution < -0.4 is 0 Å². The summed E-state index contributed by atoms with van der Waals surface area (Å²) in [4.78, 5) is 12.3. The Morgan fingerprint density at radius 1 is 1.00 bits per heavy atom. The van der Waals surface area contributed by atoms with Gasteiger partial charge in [0, 0.05) is 5.92 Å². The highest BCUT2D eigenvalue weighted by Gasteiger charge is 2.52. The van der Waals surface area contributed by atoms with Crippen molar-refractivity contribution in [1.82, 2.24) is 0 Å². The molecular formula is C15H20O6. The van der Waals surface area contributed by atoms with E-state index in [4.69, 9.17) is 23.7 Å². The predicted octanol–water partition coefficient (Wildman–Crippen LogP) is 0.651. The van der Waals surface area contributed by atoms with Crippen LogP contribution in [0.15, 0.2) is 12.3 Å². The van der Waals surface area contributed by atoms with Gasteiger partial charge in [-0.2, -0.15) is 0 Å². The number of esters is 1. The first-order chi connectivity index (χ1) is 10.2. The second-order valence-corrected chi connectivity index (χ2v) is 6.22. The Balaban J connectivity index is 1.35. The summed E-state index contributed by atoms with van der Waals surface area (Å²) in [6, 6.07) is 0. The minimum absolute atomic E-state index is 0.0277. The summed E-state index contributed by atoms with van der Waals surface area (Å²) >= 11 is 0. The molecule has 0 N–H and O–H groups in total. The Labute approximate surface area is 123 Å². The van der Waals surface area contributed by atoms with E-state index in [1.54, 1.807) is 0 Å². The van der Waals surface area contributed by atoms with Crippen LogP contribution in [0.2, 0.25) is 0 Å². The first-order valence-electron chi connectivity index (χ1n) is 7.57. The molecule has 4 rings (SSSR count). The monoisotopic (exact) mass is 296 g/mol. The van der Waals surface area contributed by atoms with Gasteiger partial charge in [0.1, 0.15) is 25.4 Å². The fourth-order valence-electron chi connectivity index (χ4n) is 2.96. The molecule has 0 radical (unpaired) electrons. The van der Waals surface area contributed by atoms with Crippen molar-refractivity contribution in [2.75, 3.05) is 26.4 Å². The maximum absolute atomic E-state index is 12.3. The molecule has 0 aromatic carbocycles. The number of carbonyl (C=O) groups excluding carboxylic acids is 1. The maximum atomic E-state index is 12.3. The van der Waals surface area contributed by atoms with Crippen molar-refractivity contribution < 1.29 is 28.5 Å². The minimum atomic E-state index is -0.222. The number of carbonyl (C=O) groups is 1. The van der Waals surface area contributed by atoms with E-state index in [-0.39, 0.29) is 42.2 Å². The molecule has 6 unspecified atom stereocenters. The minimum Gasteiger partial charge on any atom is -0.495 e. The highest BCUT2D eigenvalue weighted by molar-refractivity contribution is 5.73. The average molecular weight is 296 g/mol. The van der Waals surface area contributed by atoms with Gasteiger partial charge >= 0.3 is 5.97 Å². The summed E-state index contributed by atoms with van der Waals surface area (Å²) in [5, 5.41) is 0. The van der Waals surface area contributed by atoms with Crippen molar-refractivity contribution in [2.24, 2.45) is 11.8 Å². The molecule has 0 amide bonds. The molecule has 3 heterocycles. The van der Waals surface area contributed by atoms with Crippen molar-refractivity contribution in [2.45, 2.75) is 37.3 Å². The largest absolute Gasteiger partial charge is 0.495 e. The Bertz CT molecular complexity index is 401. The van der Waals surface area contributed by atoms with Crippen LogP contribution in [0.4, 0.5) is 0 Å². The predicted molar refractivity (Wildman–Crippen MR) is 70.4 cm³/mol. The van der Waals surface area contributed by atoms with Crippen LogP contribution in [-0.4, -0.2) is 56.8 Å². The van der Waals surface area contributed by atoms with Gasteiger partial charge in [0.15, 0.2) is 0 Å². The van der Waals surface area contributed by atoms with E-state index >= 15 is 0 Å². The van der Waals surface area contributed by atoms with Gasteiger partial charge in [-0.3, -0.25) is 4.79 Å². The molecule has 6 heteroatoms. The Morgan fingerprint density at radius 3 is 2.19 bits per heavy atom. The quantitative estimate of drug-likeness (QED) is 0.390. The smallest absolute Gasteiger partial charge is 0.309 e. The molecule has 0 aromatic rings. The highest BCUT2D eigenvalue weighted by Crippen LogP contribution is 2.46. The number of hydrogen-bond acceptors (Lipinski definition) is 6. The molecule has 3 saturated heterocycles. The molecule has 0 bridgehead atoms. The van der Waals surface area contributed by atoms with Crippen molar-refractivity contribution in [1.29, 1.82) is 0 Å². The van der Waals surface area contributed by atoms with Crippen LogP contribution in [0, 0.1) is 11.8 Å². The third-order valence-corrected chi connectivity index (χ3v) is 4.53. The number of rotatable bonds is 7. The number of epoxide rings is 3. The topological polar surface area (TPSA) is 73.1 Å². The molecule has 0 aromatic heterocycles. The number of allylic oxidation sites excluding steroid dienone is 1. The van der Waals surface area contributed by atoms with E-state index in [0.717, 1.165) is 13.0 Å². The number of fused-ring (bicyclic) bond motifs is 1. The summed E-state index contributed by atoms with van der Waals surface area (Å²) in [5.41, 5.74) is 0. The molecule has 3 aliphatic heterocycles. The zero-order valence-corrected chi connectivity index (χ0v) is 11.9. The van der Waals surface area contributed by atoms with Crippen LogP contribution in [-0.2, 0) is 28.5 Å². The first-order valence-corrected chi connectivity index (χ1v) is 7.57. The Hall–Kier alpha value is -1.11. The molecular weight excluding hydrogens is 276 g/mol. The standard InChI is InChI=1S/C15H20O6/c1-8(17-4-9-5-18-9)11-2-13-14(21-13)3-12(11)15(16)20-7-10-6-19-10/h9-14H,1-7H2. The lowest BCUT2D eigenvalue weighted by Crippen LogP contribution is -2.34. The van der Waals surface area contributed by atoms with Crippen molar-refractivity contribution in [3.8, 4) is 0 Å². The molecule has 1 saturated carbocycles. The normalized spacial score (nSPS) is 42.7. The second-order valence-electron chi connectivity index (χ2n) is 6.22. The van der Waals surface area contributed by atoms with Crippen molar-refractivity contribution in [3.63, 3.8) is 0 Å². The van der Waals surface area contributed by atoms with E-state index in [0.29, 0.717) is 32.0 Å². The third-order valence-electron chi connectivity index (χ3n) is 4.53. The van der Waals surface area contributed by atoms with Gasteiger partial charge in [0.05, 0.1) is 37.1 Å². The van der Waals surface area contributed by atoms with Gasteiger partial charge in [-0.1, -0.05) is 6.58 Å². The van der Waals surface area contributed by atoms with E-state index in [1.165, 1.54) is 0 Å². The van der Waals surface area contributed by atoms with Gasteiger partial charge in [0.25, 0.3) is 0 Å². The van der Waals surface area contributed by atoms with Crippen LogP contribution in [0.25, 0.3) is 0 Å². The second kappa shape index (κ2) is 5.26. The van der Waals surface area contributed by atoms with E-state index < -0.39 is 0 Å². The van der Waals surface area contributed by atoms with Gasteiger partial charge in [-0.25, -0.2) is 0 Å². The molecule has 1 aliphatic carbocycles. The van der Waals surface area contributed by atoms with Crippen LogP contribution >= 0.6 is 0 Å². The first kappa shape index (κ1) is 13.5. The summed E-state index contributed by atoms with van der Waals surface area (Å²) in [6.45, 7) is 6.30. The molecule has 21 heavy (non-hydrogen) atoms. The fraction of sp³-hybridized carbons (Fsp3) is 0.800. The Morgan fingerprint density at radius 2 is 1.57 bits per heavy atom. The average Bonchev–Trinajstić information content (AvgIpc) is 3.37. The van der Waals surface area contributed by atoms with E-state index in [9.17, 15) is 4.79 Å². The molecule has 4 fully saturated rings. The van der Waals surface area contributed by atoms with Gasteiger partial charge in [-0.15, -0.1) is 0 Å². The Kier molecular flexibility index (Phi) is 3.40. The van der Waals surface area contributed by atoms with Crippen LogP contribution in [0.1, 0.15) is 12.8 Å². The van der Waals surface area contributed by atoms with E-state index in [1.807, 2.05) is 0 Å². The number of ether oxygens (including phenoxy) is 5. The lowest BCUT2D eigenvalue weighted by atomic mass is 9.78. The summed E-state index contributed by atoms with van der Waals surface area (Å²) in [6.07, 6.45) is 2.22. The molecule has 4 aliphatic rings. The zero-order chi connectivity index (χ0) is 14.4. The van der Waals surface area contributed by atoms with Gasteiger partial charge in [-0.05, 0) is 12.8 Å². The molecule has 116 valence electrons. The number of hydrogen-bond donors (Lipinski definition) is 0. The molecule has 6 nitrogen and oxygen atoms in total. The lowest BCUT2D eigenvalue weighted by molar-refractivity contribution is -0.152. The molecule has 6 atom stereocenters. The van der Waals surface area contributed by atoms with Crippen molar-refractivity contribution in [3.05, 3.63) is 12.3 Å². The summed E-state index contributed by atoms with van der Waals surface area (Å²) < 4.78 is 26.8. The third kappa shape index (κ3) is 3.22. The van der Waals surface area contributed by atoms with E-state index in [2.05, 4.69) is 6.58 Å². The highest BCUT2D eigenvalue weighted by atomic mass is 16.6. The van der Waals surface area contributed by atoms with Gasteiger partial charge < -0.3 is 23.7 Å². The maximum Gasteiger partial charge on any atom is 0.309 e. The molecule has 0 spiro atoms. The lowest BCUT2D eigenvalue weighted by Gasteiger charge is -2.29. The van der Waals surface area contributed by atoms with Gasteiger partial charge in [0.2, 0.25) is 0 Å². The van der Waals surface area contributed by atoms with Crippen LogP contribution in [0.5, 0.6) is 0 Å². The SMILES string of the molecule is C=C(OCC1CO1)C1CC2OC2CC1C(=O)OCC1CO1. The summed E-state index contributed by atoms with van der Waals surface area (Å²) in [5.74, 6) is 0.223. The zero-order valence-electron chi connectivity index (χ0n) is 11.9. The van der Waals surface area contributed by atoms with Crippen LogP contribution in [0.3, 0.4) is 0 Å². The van der Waals surface area contributed by atoms with Crippen molar-refractivity contribution >= 4 is 5.97 Å². The fourth-order valence-corrected chi connectivity index (χ4v) is 2.96.